The summed E-state index contributed by atoms with van der Waals surface area (Å²) >= 11 is 0. The van der Waals surface area contributed by atoms with Crippen molar-refractivity contribution in [2.75, 3.05) is 13.7 Å². The highest BCUT2D eigenvalue weighted by molar-refractivity contribution is 7.90. The molecule has 8 heteroatoms. The highest BCUT2D eigenvalue weighted by atomic mass is 32.2. The second-order valence-corrected chi connectivity index (χ2v) is 9.38. The summed E-state index contributed by atoms with van der Waals surface area (Å²) < 4.78 is 34.5. The van der Waals surface area contributed by atoms with Crippen LogP contribution in [0.5, 0.6) is 5.75 Å². The van der Waals surface area contributed by atoms with Gasteiger partial charge in [-0.15, -0.1) is 0 Å². The molecule has 3 aromatic rings. The fraction of sp³-hybridized carbons (Fsp3) is 0.261. The lowest BCUT2D eigenvalue weighted by Gasteiger charge is -2.23. The van der Waals surface area contributed by atoms with Crippen LogP contribution < -0.4 is 9.46 Å². The van der Waals surface area contributed by atoms with Gasteiger partial charge in [0.05, 0.1) is 12.6 Å². The highest BCUT2D eigenvalue weighted by Gasteiger charge is 2.43. The van der Waals surface area contributed by atoms with Gasteiger partial charge in [-0.05, 0) is 34.9 Å². The molecule has 0 spiro atoms. The average Bonchev–Trinajstić information content (AvgIpc) is 3.20. The van der Waals surface area contributed by atoms with Crippen LogP contribution in [0.15, 0.2) is 79.1 Å². The van der Waals surface area contributed by atoms with Gasteiger partial charge in [0.25, 0.3) is 0 Å². The number of aromatic nitrogens is 1. The first-order valence-corrected chi connectivity index (χ1v) is 11.6. The summed E-state index contributed by atoms with van der Waals surface area (Å²) in [6, 6.07) is 20.6. The van der Waals surface area contributed by atoms with Gasteiger partial charge in [0.2, 0.25) is 10.0 Å². The topological polar surface area (TPSA) is 80.8 Å². The Kier molecular flexibility index (Phi) is 6.62. The number of pyridine rings is 1. The molecule has 0 radical (unpaired) electrons. The molecule has 0 unspecified atom stereocenters. The Morgan fingerprint density at radius 1 is 1.06 bits per heavy atom. The normalized spacial score (nSPS) is 19.4. The summed E-state index contributed by atoms with van der Waals surface area (Å²) in [7, 11) is -1.87. The lowest BCUT2D eigenvalue weighted by Crippen LogP contribution is -2.39. The second-order valence-electron chi connectivity index (χ2n) is 7.40. The van der Waals surface area contributed by atoms with Crippen LogP contribution in [0.1, 0.15) is 22.7 Å². The third kappa shape index (κ3) is 5.29. The lowest BCUT2D eigenvalue weighted by atomic mass is 10.0. The van der Waals surface area contributed by atoms with E-state index in [1.165, 1.54) is 0 Å². The summed E-state index contributed by atoms with van der Waals surface area (Å²) in [5, 5.41) is 0.874. The maximum Gasteiger partial charge on any atom is 0.219 e. The van der Waals surface area contributed by atoms with Crippen LogP contribution in [0, 0.1) is 0 Å². The zero-order valence-corrected chi connectivity index (χ0v) is 18.0. The van der Waals surface area contributed by atoms with Gasteiger partial charge in [-0.2, -0.15) is 5.06 Å². The molecule has 1 fully saturated rings. The maximum atomic E-state index is 13.0. The Bertz CT molecular complexity index is 1080. The molecule has 1 aromatic heterocycles. The number of hydroxylamine groups is 2. The summed E-state index contributed by atoms with van der Waals surface area (Å²) in [4.78, 5) is 9.60. The molecule has 1 aliphatic rings. The minimum absolute atomic E-state index is 0.0931. The van der Waals surface area contributed by atoms with E-state index in [1.54, 1.807) is 30.6 Å². The van der Waals surface area contributed by atoms with Crippen LogP contribution in [0.3, 0.4) is 0 Å². The number of ether oxygens (including phenoxy) is 1. The van der Waals surface area contributed by atoms with E-state index < -0.39 is 21.3 Å². The minimum atomic E-state index is -3.62. The van der Waals surface area contributed by atoms with E-state index in [0.29, 0.717) is 6.61 Å². The molecular weight excluding hydrogens is 414 g/mol. The van der Waals surface area contributed by atoms with Crippen molar-refractivity contribution >= 4 is 10.0 Å². The van der Waals surface area contributed by atoms with Crippen LogP contribution in [-0.4, -0.2) is 37.4 Å². The molecule has 0 aliphatic carbocycles. The smallest absolute Gasteiger partial charge is 0.219 e. The molecular formula is C23H25N3O4S. The number of sulfonamides is 1. The molecule has 2 aromatic carbocycles. The summed E-state index contributed by atoms with van der Waals surface area (Å²) in [5.41, 5.74) is 2.74. The quantitative estimate of drug-likeness (QED) is 0.581. The first-order valence-electron chi connectivity index (χ1n) is 10.0. The van der Waals surface area contributed by atoms with Crippen LogP contribution in [0.2, 0.25) is 0 Å². The monoisotopic (exact) mass is 439 g/mol. The van der Waals surface area contributed by atoms with Gasteiger partial charge in [-0.3, -0.25) is 9.82 Å². The van der Waals surface area contributed by atoms with E-state index in [1.807, 2.05) is 60.7 Å². The summed E-state index contributed by atoms with van der Waals surface area (Å²) in [6.45, 7) is 0.757. The zero-order chi connectivity index (χ0) is 21.7. The van der Waals surface area contributed by atoms with Crippen molar-refractivity contribution in [2.45, 2.75) is 24.4 Å². The molecule has 0 amide bonds. The van der Waals surface area contributed by atoms with E-state index in [2.05, 4.69) is 9.71 Å². The van der Waals surface area contributed by atoms with Crippen molar-refractivity contribution in [3.05, 3.63) is 95.8 Å². The van der Waals surface area contributed by atoms with Gasteiger partial charge >= 0.3 is 0 Å². The van der Waals surface area contributed by atoms with Crippen molar-refractivity contribution in [1.82, 2.24) is 14.8 Å². The van der Waals surface area contributed by atoms with E-state index >= 15 is 0 Å². The Balaban J connectivity index is 1.44. The molecule has 4 rings (SSSR count). The number of nitrogens with zero attached hydrogens (tertiary/aromatic N) is 2. The van der Waals surface area contributed by atoms with Crippen molar-refractivity contribution in [3.8, 4) is 5.75 Å². The molecule has 2 atom stereocenters. The number of hydrogen-bond donors (Lipinski definition) is 1. The number of nitrogens with one attached hydrogen (secondary N) is 1. The van der Waals surface area contributed by atoms with Crippen molar-refractivity contribution in [2.24, 2.45) is 0 Å². The SMILES string of the molecule is CN1OC[C@@H](S(=O)(=O)NCc2cccnc2)[C@@H]1c1ccc(OCc2ccccc2)cc1. The molecule has 1 saturated heterocycles. The third-order valence-electron chi connectivity index (χ3n) is 5.26. The molecule has 0 bridgehead atoms. The van der Waals surface area contributed by atoms with Crippen molar-refractivity contribution < 1.29 is 18.0 Å². The first kappa shape index (κ1) is 21.5. The molecule has 31 heavy (non-hydrogen) atoms. The van der Waals surface area contributed by atoms with Gasteiger partial charge < -0.3 is 4.74 Å². The molecule has 7 nitrogen and oxygen atoms in total. The van der Waals surface area contributed by atoms with Crippen LogP contribution in [0.25, 0.3) is 0 Å². The van der Waals surface area contributed by atoms with E-state index in [4.69, 9.17) is 9.57 Å². The maximum absolute atomic E-state index is 13.0. The lowest BCUT2D eigenvalue weighted by molar-refractivity contribution is -0.110. The van der Waals surface area contributed by atoms with Crippen molar-refractivity contribution in [3.63, 3.8) is 0 Å². The van der Waals surface area contributed by atoms with E-state index in [0.717, 1.165) is 22.4 Å². The van der Waals surface area contributed by atoms with E-state index in [9.17, 15) is 8.42 Å². The van der Waals surface area contributed by atoms with Gasteiger partial charge in [0.1, 0.15) is 17.6 Å². The zero-order valence-electron chi connectivity index (χ0n) is 17.2. The third-order valence-corrected chi connectivity index (χ3v) is 6.99. The van der Waals surface area contributed by atoms with Gasteiger partial charge in [-0.25, -0.2) is 13.1 Å². The summed E-state index contributed by atoms with van der Waals surface area (Å²) in [5.74, 6) is 0.725. The second kappa shape index (κ2) is 9.57. The minimum Gasteiger partial charge on any atom is -0.489 e. The predicted octanol–water partition coefficient (Wildman–Crippen LogP) is 3.07. The standard InChI is InChI=1S/C23H25N3O4S/c1-26-23(20-9-11-21(12-10-20)29-16-18-6-3-2-4-7-18)22(17-30-26)31(27,28)25-15-19-8-5-13-24-14-19/h2-14,22-23,25H,15-17H2,1H3/t22-,23+/m1/s1. The Labute approximate surface area is 182 Å². The average molecular weight is 440 g/mol. The molecule has 1 aliphatic heterocycles. The van der Waals surface area contributed by atoms with Crippen LogP contribution in [0.4, 0.5) is 0 Å². The fourth-order valence-corrected chi connectivity index (χ4v) is 5.07. The van der Waals surface area contributed by atoms with Crippen LogP contribution >= 0.6 is 0 Å². The molecule has 2 heterocycles. The van der Waals surface area contributed by atoms with Crippen molar-refractivity contribution in [1.29, 1.82) is 0 Å². The van der Waals surface area contributed by atoms with Gasteiger partial charge in [0.15, 0.2) is 0 Å². The van der Waals surface area contributed by atoms with Gasteiger partial charge in [-0.1, -0.05) is 48.5 Å². The predicted molar refractivity (Wildman–Crippen MR) is 117 cm³/mol. The molecule has 162 valence electrons. The Morgan fingerprint density at radius 3 is 2.52 bits per heavy atom. The Hall–Kier alpha value is -2.78. The Morgan fingerprint density at radius 2 is 1.81 bits per heavy atom. The molecule has 0 saturated carbocycles. The van der Waals surface area contributed by atoms with Gasteiger partial charge in [0, 0.05) is 26.0 Å². The van der Waals surface area contributed by atoms with E-state index in [-0.39, 0.29) is 13.2 Å². The molecule has 1 N–H and O–H groups in total. The first-order chi connectivity index (χ1) is 15.0. The number of benzene rings is 2. The number of rotatable bonds is 8. The summed E-state index contributed by atoms with van der Waals surface area (Å²) in [6.07, 6.45) is 3.30. The van der Waals surface area contributed by atoms with Crippen LogP contribution in [-0.2, 0) is 28.0 Å². The fourth-order valence-electron chi connectivity index (χ4n) is 3.58. The number of hydrogen-bond acceptors (Lipinski definition) is 6. The largest absolute Gasteiger partial charge is 0.489 e. The highest BCUT2D eigenvalue weighted by Crippen LogP contribution is 2.34.